The summed E-state index contributed by atoms with van der Waals surface area (Å²) in [7, 11) is 0. The maximum absolute atomic E-state index is 9.21. The van der Waals surface area contributed by atoms with Gasteiger partial charge in [0.15, 0.2) is 0 Å². The van der Waals surface area contributed by atoms with Gasteiger partial charge < -0.3 is 5.11 Å². The van der Waals surface area contributed by atoms with Crippen LogP contribution in [0.5, 0.6) is 0 Å². The van der Waals surface area contributed by atoms with Crippen molar-refractivity contribution in [1.29, 1.82) is 0 Å². The maximum atomic E-state index is 9.21. The standard InChI is InChI=1S/C12H17N3O/c1-5-10(8-16)12(13-4)11-6-7-14-15(11)9(2)3/h5-7,9,16H,1,4,8H2,2-3H3/b12-10+. The van der Waals surface area contributed by atoms with Crippen LogP contribution in [0.4, 0.5) is 0 Å². The molecule has 1 aromatic rings. The Bertz CT molecular complexity index is 416. The molecule has 0 radical (unpaired) electrons. The third-order valence-corrected chi connectivity index (χ3v) is 2.28. The van der Waals surface area contributed by atoms with Crippen molar-refractivity contribution < 1.29 is 5.11 Å². The van der Waals surface area contributed by atoms with Gasteiger partial charge in [0.05, 0.1) is 18.0 Å². The van der Waals surface area contributed by atoms with Crippen LogP contribution in [-0.4, -0.2) is 28.2 Å². The Morgan fingerprint density at radius 1 is 1.69 bits per heavy atom. The Balaban J connectivity index is 3.34. The van der Waals surface area contributed by atoms with Gasteiger partial charge in [-0.1, -0.05) is 12.7 Å². The van der Waals surface area contributed by atoms with Crippen LogP contribution >= 0.6 is 0 Å². The van der Waals surface area contributed by atoms with Crippen LogP contribution in [0.1, 0.15) is 25.6 Å². The molecule has 0 fully saturated rings. The summed E-state index contributed by atoms with van der Waals surface area (Å²) < 4.78 is 1.84. The molecular weight excluding hydrogens is 202 g/mol. The highest BCUT2D eigenvalue weighted by molar-refractivity contribution is 5.70. The molecule has 16 heavy (non-hydrogen) atoms. The molecule has 1 aromatic heterocycles. The van der Waals surface area contributed by atoms with E-state index in [1.165, 1.54) is 0 Å². The van der Waals surface area contributed by atoms with Crippen LogP contribution in [0.15, 0.2) is 35.5 Å². The molecule has 0 spiro atoms. The first kappa shape index (κ1) is 12.4. The summed E-state index contributed by atoms with van der Waals surface area (Å²) in [4.78, 5) is 3.95. The van der Waals surface area contributed by atoms with Gasteiger partial charge in [0.1, 0.15) is 0 Å². The summed E-state index contributed by atoms with van der Waals surface area (Å²) in [5.74, 6) is 0. The Hall–Kier alpha value is -1.68. The Morgan fingerprint density at radius 2 is 2.38 bits per heavy atom. The molecule has 0 saturated heterocycles. The van der Waals surface area contributed by atoms with Crippen molar-refractivity contribution >= 4 is 12.4 Å². The van der Waals surface area contributed by atoms with Crippen LogP contribution in [0, 0.1) is 0 Å². The van der Waals surface area contributed by atoms with Gasteiger partial charge in [-0.25, -0.2) is 0 Å². The summed E-state index contributed by atoms with van der Waals surface area (Å²) in [6.45, 7) is 11.1. The van der Waals surface area contributed by atoms with Crippen molar-refractivity contribution in [3.8, 4) is 0 Å². The zero-order valence-electron chi connectivity index (χ0n) is 9.72. The summed E-state index contributed by atoms with van der Waals surface area (Å²) in [5.41, 5.74) is 2.12. The molecule has 0 bridgehead atoms. The first-order valence-electron chi connectivity index (χ1n) is 5.12. The molecule has 1 rings (SSSR count). The van der Waals surface area contributed by atoms with Crippen molar-refractivity contribution in [3.63, 3.8) is 0 Å². The number of aliphatic hydroxyl groups excluding tert-OH is 1. The van der Waals surface area contributed by atoms with Gasteiger partial charge in [0.25, 0.3) is 0 Å². The third kappa shape index (κ3) is 2.28. The second-order valence-electron chi connectivity index (χ2n) is 3.65. The molecule has 0 aromatic carbocycles. The van der Waals surface area contributed by atoms with Gasteiger partial charge in [-0.05, 0) is 26.6 Å². The second kappa shape index (κ2) is 5.42. The topological polar surface area (TPSA) is 50.4 Å². The minimum Gasteiger partial charge on any atom is -0.392 e. The highest BCUT2D eigenvalue weighted by Crippen LogP contribution is 2.22. The lowest BCUT2D eigenvalue weighted by molar-refractivity contribution is 0.335. The van der Waals surface area contributed by atoms with Gasteiger partial charge in [0.2, 0.25) is 0 Å². The summed E-state index contributed by atoms with van der Waals surface area (Å²) in [5, 5.41) is 13.4. The highest BCUT2D eigenvalue weighted by Gasteiger charge is 2.12. The minimum atomic E-state index is -0.110. The zero-order chi connectivity index (χ0) is 12.1. The summed E-state index contributed by atoms with van der Waals surface area (Å²) >= 11 is 0. The van der Waals surface area contributed by atoms with Crippen molar-refractivity contribution in [2.75, 3.05) is 6.61 Å². The molecule has 0 atom stereocenters. The molecule has 86 valence electrons. The number of aliphatic hydroxyl groups is 1. The fourth-order valence-corrected chi connectivity index (χ4v) is 1.50. The first-order chi connectivity index (χ1) is 7.65. The molecule has 1 N–H and O–H groups in total. The molecule has 4 heteroatoms. The monoisotopic (exact) mass is 219 g/mol. The molecule has 0 aliphatic heterocycles. The van der Waals surface area contributed by atoms with Gasteiger partial charge in [-0.3, -0.25) is 9.67 Å². The fourth-order valence-electron chi connectivity index (χ4n) is 1.50. The van der Waals surface area contributed by atoms with Gasteiger partial charge in [0, 0.05) is 17.8 Å². The van der Waals surface area contributed by atoms with E-state index in [4.69, 9.17) is 0 Å². The predicted molar refractivity (Wildman–Crippen MR) is 66.4 cm³/mol. The van der Waals surface area contributed by atoms with Crippen LogP contribution in [-0.2, 0) is 0 Å². The zero-order valence-corrected chi connectivity index (χ0v) is 9.72. The van der Waals surface area contributed by atoms with Gasteiger partial charge in [-0.15, -0.1) is 0 Å². The van der Waals surface area contributed by atoms with E-state index in [9.17, 15) is 5.11 Å². The summed E-state index contributed by atoms with van der Waals surface area (Å²) in [6.07, 6.45) is 3.29. The number of aromatic nitrogens is 2. The van der Waals surface area contributed by atoms with E-state index in [0.717, 1.165) is 5.69 Å². The van der Waals surface area contributed by atoms with E-state index in [-0.39, 0.29) is 12.6 Å². The lowest BCUT2D eigenvalue weighted by Gasteiger charge is -2.12. The van der Waals surface area contributed by atoms with Crippen LogP contribution in [0.2, 0.25) is 0 Å². The molecule has 0 saturated carbocycles. The lowest BCUT2D eigenvalue weighted by Crippen LogP contribution is -2.07. The average Bonchev–Trinajstić information content (AvgIpc) is 2.74. The van der Waals surface area contributed by atoms with Crippen LogP contribution in [0.3, 0.4) is 0 Å². The van der Waals surface area contributed by atoms with Crippen molar-refractivity contribution in [1.82, 2.24) is 9.78 Å². The largest absolute Gasteiger partial charge is 0.392 e. The SMILES string of the molecule is C=C/C(CO)=C(\N=C)c1ccnn1C(C)C. The number of hydrogen-bond donors (Lipinski definition) is 1. The minimum absolute atomic E-state index is 0.110. The van der Waals surface area contributed by atoms with Gasteiger partial charge in [-0.2, -0.15) is 5.10 Å². The van der Waals surface area contributed by atoms with Crippen molar-refractivity contribution in [2.45, 2.75) is 19.9 Å². The molecule has 0 aliphatic rings. The van der Waals surface area contributed by atoms with E-state index in [0.29, 0.717) is 11.3 Å². The average molecular weight is 219 g/mol. The van der Waals surface area contributed by atoms with Gasteiger partial charge >= 0.3 is 0 Å². The Kier molecular flexibility index (Phi) is 4.19. The summed E-state index contributed by atoms with van der Waals surface area (Å²) in [6, 6.07) is 2.08. The van der Waals surface area contributed by atoms with E-state index in [1.54, 1.807) is 12.3 Å². The molecule has 1 heterocycles. The van der Waals surface area contributed by atoms with Crippen LogP contribution < -0.4 is 0 Å². The smallest absolute Gasteiger partial charge is 0.0930 e. The van der Waals surface area contributed by atoms with E-state index in [2.05, 4.69) is 23.4 Å². The van der Waals surface area contributed by atoms with Crippen molar-refractivity contribution in [2.24, 2.45) is 4.99 Å². The molecule has 0 unspecified atom stereocenters. The van der Waals surface area contributed by atoms with Crippen LogP contribution in [0.25, 0.3) is 5.70 Å². The Labute approximate surface area is 95.6 Å². The normalized spacial score (nSPS) is 12.5. The molecule has 0 amide bonds. The molecule has 0 aliphatic carbocycles. The molecule has 4 nitrogen and oxygen atoms in total. The quantitative estimate of drug-likeness (QED) is 0.608. The predicted octanol–water partition coefficient (Wildman–Crippen LogP) is 2.05. The number of hydrogen-bond acceptors (Lipinski definition) is 3. The number of nitrogens with zero attached hydrogens (tertiary/aromatic N) is 3. The van der Waals surface area contributed by atoms with Crippen molar-refractivity contribution in [3.05, 3.63) is 36.2 Å². The number of rotatable bonds is 5. The second-order valence-corrected chi connectivity index (χ2v) is 3.65. The third-order valence-electron chi connectivity index (χ3n) is 2.28. The highest BCUT2D eigenvalue weighted by atomic mass is 16.3. The first-order valence-corrected chi connectivity index (χ1v) is 5.12. The maximum Gasteiger partial charge on any atom is 0.0930 e. The van der Waals surface area contributed by atoms with E-state index in [1.807, 2.05) is 24.6 Å². The number of aliphatic imine (C=N–C) groups is 1. The fraction of sp³-hybridized carbons (Fsp3) is 0.333. The Morgan fingerprint density at radius 3 is 2.81 bits per heavy atom. The van der Waals surface area contributed by atoms with E-state index >= 15 is 0 Å². The van der Waals surface area contributed by atoms with E-state index < -0.39 is 0 Å². The lowest BCUT2D eigenvalue weighted by atomic mass is 10.1. The molecular formula is C12H17N3O.